The second-order valence-corrected chi connectivity index (χ2v) is 4.66. The molecule has 0 saturated carbocycles. The topological polar surface area (TPSA) is 53.1 Å². The van der Waals surface area contributed by atoms with Crippen LogP contribution in [0.1, 0.15) is 10.4 Å². The van der Waals surface area contributed by atoms with Crippen LogP contribution in [0.3, 0.4) is 0 Å². The van der Waals surface area contributed by atoms with Crippen molar-refractivity contribution in [1.29, 1.82) is 0 Å². The number of hydrogen-bond donors (Lipinski definition) is 2. The summed E-state index contributed by atoms with van der Waals surface area (Å²) in [6.07, 6.45) is 1.92. The molecule has 3 aromatic rings. The molecule has 2 aromatic heterocycles. The number of carboxylic acid groups (broad SMARTS) is 1. The lowest BCUT2D eigenvalue weighted by Crippen LogP contribution is -1.91. The maximum absolute atomic E-state index is 10.8. The van der Waals surface area contributed by atoms with E-state index in [0.717, 1.165) is 21.3 Å². The van der Waals surface area contributed by atoms with Gasteiger partial charge in [-0.1, -0.05) is 18.2 Å². The molecule has 84 valence electrons. The number of rotatable bonds is 2. The molecule has 0 aliphatic rings. The largest absolute Gasteiger partial charge is 0.478 e. The smallest absolute Gasteiger partial charge is 0.336 e. The van der Waals surface area contributed by atoms with Gasteiger partial charge >= 0.3 is 5.97 Å². The Morgan fingerprint density at radius 3 is 2.88 bits per heavy atom. The number of para-hydroxylation sites is 1. The molecule has 2 N–H and O–H groups in total. The van der Waals surface area contributed by atoms with Crippen molar-refractivity contribution in [3.63, 3.8) is 0 Å². The summed E-state index contributed by atoms with van der Waals surface area (Å²) < 4.78 is 0. The van der Waals surface area contributed by atoms with Crippen molar-refractivity contribution in [1.82, 2.24) is 4.98 Å². The Morgan fingerprint density at radius 1 is 1.29 bits per heavy atom. The van der Waals surface area contributed by atoms with E-state index < -0.39 is 5.97 Å². The van der Waals surface area contributed by atoms with Gasteiger partial charge in [0.15, 0.2) is 0 Å². The van der Waals surface area contributed by atoms with E-state index in [1.807, 2.05) is 30.5 Å². The molecule has 3 rings (SSSR count). The quantitative estimate of drug-likeness (QED) is 0.722. The molecule has 0 unspecified atom stereocenters. The lowest BCUT2D eigenvalue weighted by Gasteiger charge is -1.93. The van der Waals surface area contributed by atoms with Gasteiger partial charge in [0.2, 0.25) is 0 Å². The molecule has 0 fully saturated rings. The molecule has 17 heavy (non-hydrogen) atoms. The van der Waals surface area contributed by atoms with Crippen LogP contribution in [0, 0.1) is 0 Å². The van der Waals surface area contributed by atoms with Crippen LogP contribution in [-0.2, 0) is 0 Å². The number of thiophene rings is 1. The summed E-state index contributed by atoms with van der Waals surface area (Å²) >= 11 is 1.45. The standard InChI is InChI=1S/C13H9NO2S/c15-13(16)8-5-12(17-7-8)10-6-14-11-4-2-1-3-9(10)11/h1-7,14H,(H,15,16). The minimum Gasteiger partial charge on any atom is -0.478 e. The highest BCUT2D eigenvalue weighted by molar-refractivity contribution is 7.14. The van der Waals surface area contributed by atoms with Crippen LogP contribution in [0.25, 0.3) is 21.3 Å². The second kappa shape index (κ2) is 3.75. The van der Waals surface area contributed by atoms with Crippen molar-refractivity contribution in [2.45, 2.75) is 0 Å². The minimum atomic E-state index is -0.882. The molecule has 0 aliphatic heterocycles. The first-order valence-electron chi connectivity index (χ1n) is 5.14. The number of benzene rings is 1. The Balaban J connectivity index is 2.17. The molecule has 0 amide bonds. The summed E-state index contributed by atoms with van der Waals surface area (Å²) in [7, 11) is 0. The van der Waals surface area contributed by atoms with Crippen molar-refractivity contribution in [2.75, 3.05) is 0 Å². The van der Waals surface area contributed by atoms with Gasteiger partial charge in [-0.15, -0.1) is 11.3 Å². The van der Waals surface area contributed by atoms with Gasteiger partial charge in [-0.05, 0) is 12.1 Å². The van der Waals surface area contributed by atoms with Crippen LogP contribution in [0.5, 0.6) is 0 Å². The molecular weight excluding hydrogens is 234 g/mol. The summed E-state index contributed by atoms with van der Waals surface area (Å²) in [4.78, 5) is 15.0. The molecule has 4 heteroatoms. The SMILES string of the molecule is O=C(O)c1csc(-c2c[nH]c3ccccc23)c1. The predicted molar refractivity (Wildman–Crippen MR) is 68.6 cm³/mol. The van der Waals surface area contributed by atoms with Gasteiger partial charge in [0.05, 0.1) is 5.56 Å². The van der Waals surface area contributed by atoms with E-state index in [9.17, 15) is 4.79 Å². The number of nitrogens with one attached hydrogen (secondary N) is 1. The van der Waals surface area contributed by atoms with Crippen molar-refractivity contribution in [3.05, 3.63) is 47.5 Å². The van der Waals surface area contributed by atoms with E-state index in [1.54, 1.807) is 11.4 Å². The zero-order valence-electron chi connectivity index (χ0n) is 8.81. The summed E-state index contributed by atoms with van der Waals surface area (Å²) in [5.41, 5.74) is 2.46. The number of fused-ring (bicyclic) bond motifs is 1. The lowest BCUT2D eigenvalue weighted by atomic mass is 10.1. The first-order valence-corrected chi connectivity index (χ1v) is 6.02. The molecule has 0 radical (unpaired) electrons. The maximum Gasteiger partial charge on any atom is 0.336 e. The highest BCUT2D eigenvalue weighted by atomic mass is 32.1. The lowest BCUT2D eigenvalue weighted by molar-refractivity contribution is 0.0697. The first-order chi connectivity index (χ1) is 8.25. The van der Waals surface area contributed by atoms with Gasteiger partial charge < -0.3 is 10.1 Å². The molecule has 1 aromatic carbocycles. The van der Waals surface area contributed by atoms with E-state index >= 15 is 0 Å². The van der Waals surface area contributed by atoms with Crippen LogP contribution >= 0.6 is 11.3 Å². The highest BCUT2D eigenvalue weighted by Gasteiger charge is 2.11. The van der Waals surface area contributed by atoms with Crippen LogP contribution in [-0.4, -0.2) is 16.1 Å². The van der Waals surface area contributed by atoms with Crippen molar-refractivity contribution < 1.29 is 9.90 Å². The number of aromatic amines is 1. The van der Waals surface area contributed by atoms with Gasteiger partial charge in [0, 0.05) is 32.9 Å². The van der Waals surface area contributed by atoms with E-state index in [4.69, 9.17) is 5.11 Å². The predicted octanol–water partition coefficient (Wildman–Crippen LogP) is 3.59. The maximum atomic E-state index is 10.8. The molecule has 0 saturated heterocycles. The van der Waals surface area contributed by atoms with Crippen LogP contribution in [0.2, 0.25) is 0 Å². The molecule has 0 aliphatic carbocycles. The molecule has 0 spiro atoms. The summed E-state index contributed by atoms with van der Waals surface area (Å²) in [6.45, 7) is 0. The number of hydrogen-bond acceptors (Lipinski definition) is 2. The number of carboxylic acids is 1. The van der Waals surface area contributed by atoms with Gasteiger partial charge in [0.1, 0.15) is 0 Å². The average molecular weight is 243 g/mol. The van der Waals surface area contributed by atoms with E-state index in [2.05, 4.69) is 4.98 Å². The van der Waals surface area contributed by atoms with Gasteiger partial charge in [-0.25, -0.2) is 4.79 Å². The normalized spacial score (nSPS) is 10.8. The molecule has 2 heterocycles. The Labute approximate surface area is 101 Å². The number of H-pyrrole nitrogens is 1. The fourth-order valence-corrected chi connectivity index (χ4v) is 2.78. The third-order valence-corrected chi connectivity index (χ3v) is 3.66. The first kappa shape index (κ1) is 10.1. The van der Waals surface area contributed by atoms with Crippen molar-refractivity contribution in [3.8, 4) is 10.4 Å². The zero-order valence-corrected chi connectivity index (χ0v) is 9.62. The van der Waals surface area contributed by atoms with Crippen LogP contribution in [0.15, 0.2) is 41.9 Å². The Morgan fingerprint density at radius 2 is 2.12 bits per heavy atom. The van der Waals surface area contributed by atoms with Crippen LogP contribution in [0.4, 0.5) is 0 Å². The van der Waals surface area contributed by atoms with E-state index in [1.165, 1.54) is 11.3 Å². The number of carbonyl (C=O) groups is 1. The average Bonchev–Trinajstić information content (AvgIpc) is 2.95. The summed E-state index contributed by atoms with van der Waals surface area (Å²) in [5, 5.41) is 11.7. The molecule has 0 bridgehead atoms. The van der Waals surface area contributed by atoms with Crippen LogP contribution < -0.4 is 0 Å². The molecular formula is C13H9NO2S. The van der Waals surface area contributed by atoms with Crippen molar-refractivity contribution >= 4 is 28.2 Å². The second-order valence-electron chi connectivity index (χ2n) is 3.75. The van der Waals surface area contributed by atoms with Gasteiger partial charge in [-0.2, -0.15) is 0 Å². The van der Waals surface area contributed by atoms with E-state index in [-0.39, 0.29) is 0 Å². The van der Waals surface area contributed by atoms with E-state index in [0.29, 0.717) is 5.56 Å². The fraction of sp³-hybridized carbons (Fsp3) is 0. The molecule has 3 nitrogen and oxygen atoms in total. The summed E-state index contributed by atoms with van der Waals surface area (Å²) in [6, 6.07) is 9.69. The molecule has 0 atom stereocenters. The third kappa shape index (κ3) is 1.62. The Bertz CT molecular complexity index is 696. The highest BCUT2D eigenvalue weighted by Crippen LogP contribution is 2.33. The Kier molecular flexibility index (Phi) is 2.23. The number of aromatic nitrogens is 1. The number of aromatic carboxylic acids is 1. The zero-order chi connectivity index (χ0) is 11.8. The van der Waals surface area contributed by atoms with Gasteiger partial charge in [0.25, 0.3) is 0 Å². The monoisotopic (exact) mass is 243 g/mol. The minimum absolute atomic E-state index is 0.343. The van der Waals surface area contributed by atoms with Gasteiger partial charge in [-0.3, -0.25) is 0 Å². The van der Waals surface area contributed by atoms with Crippen molar-refractivity contribution in [2.24, 2.45) is 0 Å². The Hall–Kier alpha value is -2.07. The fourth-order valence-electron chi connectivity index (χ4n) is 1.87. The summed E-state index contributed by atoms with van der Waals surface area (Å²) in [5.74, 6) is -0.882. The third-order valence-electron chi connectivity index (χ3n) is 2.70.